The Balaban J connectivity index is 1.62. The van der Waals surface area contributed by atoms with Crippen LogP contribution in [0.1, 0.15) is 54.8 Å². The molecule has 0 spiro atoms. The van der Waals surface area contributed by atoms with Crippen LogP contribution in [0.25, 0.3) is 10.2 Å². The molecule has 6 nitrogen and oxygen atoms in total. The van der Waals surface area contributed by atoms with Crippen molar-refractivity contribution in [3.63, 3.8) is 0 Å². The number of aromatic amines is 1. The number of aryl methyl sites for hydroxylation is 3. The predicted octanol–water partition coefficient (Wildman–Crippen LogP) is 2.56. The minimum Gasteiger partial charge on any atom is -0.352 e. The van der Waals surface area contributed by atoms with Gasteiger partial charge in [-0.3, -0.25) is 9.59 Å². The maximum atomic E-state index is 12.4. The number of rotatable bonds is 6. The molecule has 4 N–H and O–H groups in total. The average Bonchev–Trinajstić information content (AvgIpc) is 2.93. The summed E-state index contributed by atoms with van der Waals surface area (Å²) >= 11 is 1.53. The van der Waals surface area contributed by atoms with E-state index in [0.29, 0.717) is 36.5 Å². The first-order chi connectivity index (χ1) is 12.5. The molecular weight excluding hydrogens is 348 g/mol. The Hall–Kier alpha value is -1.73. The first-order valence-corrected chi connectivity index (χ1v) is 10.3. The molecule has 1 aliphatic rings. The quantitative estimate of drug-likeness (QED) is 0.721. The number of thiophene rings is 1. The number of amides is 1. The molecule has 0 radical (unpaired) electrons. The van der Waals surface area contributed by atoms with Gasteiger partial charge in [0.2, 0.25) is 5.91 Å². The molecule has 2 heterocycles. The minimum absolute atomic E-state index is 0.0210. The van der Waals surface area contributed by atoms with Gasteiger partial charge in [-0.1, -0.05) is 19.3 Å². The molecule has 1 amide bonds. The van der Waals surface area contributed by atoms with Gasteiger partial charge in [-0.05, 0) is 38.2 Å². The molecule has 1 aliphatic carbocycles. The van der Waals surface area contributed by atoms with Gasteiger partial charge in [0.15, 0.2) is 0 Å². The zero-order valence-corrected chi connectivity index (χ0v) is 16.4. The number of nitrogens with zero attached hydrogens (tertiary/aromatic N) is 1. The first-order valence-electron chi connectivity index (χ1n) is 9.48. The Kier molecular flexibility index (Phi) is 6.09. The number of aromatic nitrogens is 2. The predicted molar refractivity (Wildman–Crippen MR) is 106 cm³/mol. The van der Waals surface area contributed by atoms with E-state index in [1.165, 1.54) is 30.6 Å². The summed E-state index contributed by atoms with van der Waals surface area (Å²) < 4.78 is 0. The van der Waals surface area contributed by atoms with Crippen molar-refractivity contribution in [2.24, 2.45) is 11.7 Å². The van der Waals surface area contributed by atoms with Gasteiger partial charge in [0.25, 0.3) is 5.56 Å². The van der Waals surface area contributed by atoms with Crippen LogP contribution in [0, 0.1) is 19.8 Å². The molecule has 0 aromatic carbocycles. The molecule has 1 fully saturated rings. The second-order valence-corrected chi connectivity index (χ2v) is 8.49. The third-order valence-corrected chi connectivity index (χ3v) is 6.60. The molecule has 1 unspecified atom stereocenters. The molecule has 0 aliphatic heterocycles. The highest BCUT2D eigenvalue weighted by atomic mass is 32.1. The third kappa shape index (κ3) is 4.15. The molecule has 3 rings (SSSR count). The fraction of sp³-hybridized carbons (Fsp3) is 0.632. The van der Waals surface area contributed by atoms with E-state index in [-0.39, 0.29) is 17.5 Å². The fourth-order valence-electron chi connectivity index (χ4n) is 3.83. The van der Waals surface area contributed by atoms with E-state index in [1.54, 1.807) is 0 Å². The number of carbonyl (C=O) groups excluding carboxylic acids is 1. The van der Waals surface area contributed by atoms with E-state index < -0.39 is 0 Å². The SMILES string of the molecule is Cc1sc2nc(CCC(=O)NC(CN)C3CCCCC3)[nH]c(=O)c2c1C. The van der Waals surface area contributed by atoms with Crippen LogP contribution in [0.5, 0.6) is 0 Å². The van der Waals surface area contributed by atoms with E-state index in [4.69, 9.17) is 5.73 Å². The van der Waals surface area contributed by atoms with Crippen molar-refractivity contribution in [3.8, 4) is 0 Å². The van der Waals surface area contributed by atoms with Crippen LogP contribution in [-0.4, -0.2) is 28.5 Å². The zero-order valence-electron chi connectivity index (χ0n) is 15.6. The van der Waals surface area contributed by atoms with Gasteiger partial charge in [0, 0.05) is 30.3 Å². The maximum absolute atomic E-state index is 12.4. The van der Waals surface area contributed by atoms with Crippen molar-refractivity contribution >= 4 is 27.5 Å². The van der Waals surface area contributed by atoms with Crippen molar-refractivity contribution in [3.05, 3.63) is 26.6 Å². The fourth-order valence-corrected chi connectivity index (χ4v) is 4.88. The van der Waals surface area contributed by atoms with Crippen LogP contribution in [0.3, 0.4) is 0 Å². The summed E-state index contributed by atoms with van der Waals surface area (Å²) in [5, 5.41) is 3.76. The third-order valence-electron chi connectivity index (χ3n) is 5.50. The Labute approximate surface area is 157 Å². The lowest BCUT2D eigenvalue weighted by Crippen LogP contribution is -2.46. The standard InChI is InChI=1S/C19H28N4O2S/c1-11-12(2)26-19-17(11)18(25)22-15(23-19)8-9-16(24)21-14(10-20)13-6-4-3-5-7-13/h13-14H,3-10,20H2,1-2H3,(H,21,24)(H,22,23,25). The molecule has 0 saturated heterocycles. The average molecular weight is 377 g/mol. The molecule has 2 aromatic heterocycles. The molecule has 0 bridgehead atoms. The summed E-state index contributed by atoms with van der Waals surface area (Å²) in [5.41, 5.74) is 6.76. The van der Waals surface area contributed by atoms with E-state index in [2.05, 4.69) is 15.3 Å². The summed E-state index contributed by atoms with van der Waals surface area (Å²) in [6.45, 7) is 4.41. The Morgan fingerprint density at radius 2 is 2.08 bits per heavy atom. The van der Waals surface area contributed by atoms with Gasteiger partial charge in [-0.15, -0.1) is 11.3 Å². The van der Waals surface area contributed by atoms with Crippen molar-refractivity contribution in [2.75, 3.05) is 6.54 Å². The summed E-state index contributed by atoms with van der Waals surface area (Å²) in [5.74, 6) is 1.04. The van der Waals surface area contributed by atoms with Crippen molar-refractivity contribution in [1.82, 2.24) is 15.3 Å². The molecule has 2 aromatic rings. The number of nitrogens with one attached hydrogen (secondary N) is 2. The van der Waals surface area contributed by atoms with E-state index in [9.17, 15) is 9.59 Å². The van der Waals surface area contributed by atoms with Gasteiger partial charge in [0.1, 0.15) is 10.7 Å². The molecule has 7 heteroatoms. The number of nitrogens with two attached hydrogens (primary N) is 1. The van der Waals surface area contributed by atoms with Gasteiger partial charge in [0.05, 0.1) is 5.39 Å². The highest BCUT2D eigenvalue weighted by Gasteiger charge is 2.24. The number of hydrogen-bond acceptors (Lipinski definition) is 5. The first kappa shape index (κ1) is 19.0. The smallest absolute Gasteiger partial charge is 0.259 e. The maximum Gasteiger partial charge on any atom is 0.259 e. The Morgan fingerprint density at radius 3 is 2.77 bits per heavy atom. The van der Waals surface area contributed by atoms with Crippen molar-refractivity contribution < 1.29 is 4.79 Å². The Bertz CT molecular complexity index is 836. The molecule has 1 saturated carbocycles. The lowest BCUT2D eigenvalue weighted by molar-refractivity contribution is -0.122. The highest BCUT2D eigenvalue weighted by molar-refractivity contribution is 7.18. The summed E-state index contributed by atoms with van der Waals surface area (Å²) in [4.78, 5) is 33.9. The summed E-state index contributed by atoms with van der Waals surface area (Å²) in [6, 6.07) is 0.0554. The zero-order chi connectivity index (χ0) is 18.7. The van der Waals surface area contributed by atoms with Crippen LogP contribution in [0.15, 0.2) is 4.79 Å². The van der Waals surface area contributed by atoms with Crippen molar-refractivity contribution in [1.29, 1.82) is 0 Å². The van der Waals surface area contributed by atoms with Crippen LogP contribution in [0.2, 0.25) is 0 Å². The summed E-state index contributed by atoms with van der Waals surface area (Å²) in [7, 11) is 0. The molecule has 1 atom stereocenters. The Morgan fingerprint density at radius 1 is 1.35 bits per heavy atom. The number of hydrogen-bond donors (Lipinski definition) is 3. The largest absolute Gasteiger partial charge is 0.352 e. The lowest BCUT2D eigenvalue weighted by Gasteiger charge is -2.30. The van der Waals surface area contributed by atoms with Gasteiger partial charge in [-0.25, -0.2) is 4.98 Å². The monoisotopic (exact) mass is 376 g/mol. The molecular formula is C19H28N4O2S. The van der Waals surface area contributed by atoms with Crippen LogP contribution in [0.4, 0.5) is 0 Å². The van der Waals surface area contributed by atoms with E-state index >= 15 is 0 Å². The molecule has 26 heavy (non-hydrogen) atoms. The molecule has 142 valence electrons. The number of carbonyl (C=O) groups is 1. The van der Waals surface area contributed by atoms with Crippen LogP contribution in [-0.2, 0) is 11.2 Å². The van der Waals surface area contributed by atoms with Gasteiger partial charge in [-0.2, -0.15) is 0 Å². The van der Waals surface area contributed by atoms with Crippen LogP contribution >= 0.6 is 11.3 Å². The summed E-state index contributed by atoms with van der Waals surface area (Å²) in [6.07, 6.45) is 6.75. The topological polar surface area (TPSA) is 101 Å². The number of fused-ring (bicyclic) bond motifs is 1. The van der Waals surface area contributed by atoms with E-state index in [0.717, 1.165) is 28.1 Å². The second-order valence-electron chi connectivity index (χ2n) is 7.28. The van der Waals surface area contributed by atoms with Crippen LogP contribution < -0.4 is 16.6 Å². The normalized spacial score (nSPS) is 16.7. The van der Waals surface area contributed by atoms with Gasteiger partial charge < -0.3 is 16.0 Å². The van der Waals surface area contributed by atoms with Gasteiger partial charge >= 0.3 is 0 Å². The second kappa shape index (κ2) is 8.31. The minimum atomic E-state index is -0.116. The highest BCUT2D eigenvalue weighted by Crippen LogP contribution is 2.27. The van der Waals surface area contributed by atoms with Crippen molar-refractivity contribution in [2.45, 2.75) is 64.8 Å². The van der Waals surface area contributed by atoms with E-state index in [1.807, 2.05) is 13.8 Å². The lowest BCUT2D eigenvalue weighted by atomic mass is 9.84. The number of H-pyrrole nitrogens is 1.